The molecule has 2 heterocycles. The first kappa shape index (κ1) is 8.87. The molecular weight excluding hydrogens is 180 g/mol. The van der Waals surface area contributed by atoms with Crippen LogP contribution in [0.4, 0.5) is 5.69 Å². The number of ketones is 1. The number of anilines is 1. The van der Waals surface area contributed by atoms with E-state index in [4.69, 9.17) is 0 Å². The smallest absolute Gasteiger partial charge is 0.296 e. The standard InChI is InChI=1S/C10H10N2O2/c1-4-5(2)11-6(3)7-8(4)12-10(14)9(7)13/h1-3H3,(H,12,13,14). The second-order valence-corrected chi connectivity index (χ2v) is 3.44. The van der Waals surface area contributed by atoms with Gasteiger partial charge in [0.25, 0.3) is 11.7 Å². The van der Waals surface area contributed by atoms with Crippen LogP contribution in [0.3, 0.4) is 0 Å². The molecule has 1 aliphatic rings. The van der Waals surface area contributed by atoms with Gasteiger partial charge in [0.15, 0.2) is 0 Å². The Hall–Kier alpha value is -1.71. The summed E-state index contributed by atoms with van der Waals surface area (Å²) in [4.78, 5) is 26.8. The Morgan fingerprint density at radius 3 is 2.36 bits per heavy atom. The molecule has 4 heteroatoms. The van der Waals surface area contributed by atoms with Gasteiger partial charge in [-0.2, -0.15) is 0 Å². The molecule has 2 rings (SSSR count). The number of aryl methyl sites for hydroxylation is 2. The van der Waals surface area contributed by atoms with Crippen molar-refractivity contribution in [1.29, 1.82) is 0 Å². The topological polar surface area (TPSA) is 59.1 Å². The molecule has 0 bridgehead atoms. The molecule has 14 heavy (non-hydrogen) atoms. The second-order valence-electron chi connectivity index (χ2n) is 3.44. The third-order valence-corrected chi connectivity index (χ3v) is 2.54. The Morgan fingerprint density at radius 2 is 1.71 bits per heavy atom. The molecule has 1 aromatic rings. The van der Waals surface area contributed by atoms with Crippen LogP contribution in [0.2, 0.25) is 0 Å². The zero-order valence-corrected chi connectivity index (χ0v) is 8.26. The molecule has 0 atom stereocenters. The van der Waals surface area contributed by atoms with E-state index in [1.807, 2.05) is 13.8 Å². The number of nitrogens with zero attached hydrogens (tertiary/aromatic N) is 1. The van der Waals surface area contributed by atoms with Crippen molar-refractivity contribution in [2.24, 2.45) is 0 Å². The molecule has 0 aliphatic carbocycles. The fraction of sp³-hybridized carbons (Fsp3) is 0.300. The summed E-state index contributed by atoms with van der Waals surface area (Å²) < 4.78 is 0. The summed E-state index contributed by atoms with van der Waals surface area (Å²) in [6.07, 6.45) is 0. The van der Waals surface area contributed by atoms with Gasteiger partial charge in [0.1, 0.15) is 0 Å². The van der Waals surface area contributed by atoms with Crippen molar-refractivity contribution in [2.45, 2.75) is 20.8 Å². The van der Waals surface area contributed by atoms with E-state index in [1.165, 1.54) is 0 Å². The fourth-order valence-corrected chi connectivity index (χ4v) is 1.66. The van der Waals surface area contributed by atoms with Crippen molar-refractivity contribution in [1.82, 2.24) is 4.98 Å². The Bertz CT molecular complexity index is 464. The van der Waals surface area contributed by atoms with Gasteiger partial charge in [-0.05, 0) is 26.3 Å². The lowest BCUT2D eigenvalue weighted by molar-refractivity contribution is -0.112. The highest BCUT2D eigenvalue weighted by molar-refractivity contribution is 6.52. The molecule has 0 radical (unpaired) electrons. The first-order chi connectivity index (χ1) is 6.52. The molecule has 0 aromatic carbocycles. The predicted molar refractivity (Wildman–Crippen MR) is 51.4 cm³/mol. The fourth-order valence-electron chi connectivity index (χ4n) is 1.66. The molecular formula is C10H10N2O2. The van der Waals surface area contributed by atoms with Crippen LogP contribution in [0.15, 0.2) is 0 Å². The van der Waals surface area contributed by atoms with Crippen LogP contribution in [0.1, 0.15) is 27.3 Å². The highest BCUT2D eigenvalue weighted by Crippen LogP contribution is 2.29. The van der Waals surface area contributed by atoms with Gasteiger partial charge in [0, 0.05) is 5.69 Å². The van der Waals surface area contributed by atoms with E-state index < -0.39 is 11.7 Å². The third kappa shape index (κ3) is 0.968. The third-order valence-electron chi connectivity index (χ3n) is 2.54. The highest BCUT2D eigenvalue weighted by Gasteiger charge is 2.32. The number of nitrogens with one attached hydrogen (secondary N) is 1. The number of hydrogen-bond donors (Lipinski definition) is 1. The van der Waals surface area contributed by atoms with Gasteiger partial charge in [-0.15, -0.1) is 0 Å². The zero-order valence-electron chi connectivity index (χ0n) is 8.26. The van der Waals surface area contributed by atoms with Gasteiger partial charge in [-0.1, -0.05) is 0 Å². The van der Waals surface area contributed by atoms with Crippen molar-refractivity contribution in [3.8, 4) is 0 Å². The molecule has 1 aromatic heterocycles. The van der Waals surface area contributed by atoms with Crippen LogP contribution in [-0.2, 0) is 4.79 Å². The number of amides is 1. The molecule has 0 fully saturated rings. The van der Waals surface area contributed by atoms with Gasteiger partial charge in [0.05, 0.1) is 16.9 Å². The van der Waals surface area contributed by atoms with Crippen molar-refractivity contribution in [3.05, 3.63) is 22.5 Å². The summed E-state index contributed by atoms with van der Waals surface area (Å²) in [5.74, 6) is -1.04. The van der Waals surface area contributed by atoms with Gasteiger partial charge >= 0.3 is 0 Å². The summed E-state index contributed by atoms with van der Waals surface area (Å²) in [7, 11) is 0. The molecule has 1 N–H and O–H groups in total. The molecule has 1 amide bonds. The van der Waals surface area contributed by atoms with Crippen molar-refractivity contribution in [3.63, 3.8) is 0 Å². The number of carbonyl (C=O) groups excluding carboxylic acids is 2. The number of rotatable bonds is 0. The normalized spacial score (nSPS) is 14.2. The quantitative estimate of drug-likeness (QED) is 0.624. The van der Waals surface area contributed by atoms with Gasteiger partial charge < -0.3 is 5.32 Å². The number of carbonyl (C=O) groups is 2. The minimum atomic E-state index is -0.557. The summed E-state index contributed by atoms with van der Waals surface area (Å²) in [5.41, 5.74) is 3.38. The minimum absolute atomic E-state index is 0.429. The first-order valence-electron chi connectivity index (χ1n) is 4.36. The van der Waals surface area contributed by atoms with Crippen LogP contribution in [0, 0.1) is 20.8 Å². The van der Waals surface area contributed by atoms with Crippen LogP contribution >= 0.6 is 0 Å². The predicted octanol–water partition coefficient (Wildman–Crippen LogP) is 1.14. The van der Waals surface area contributed by atoms with E-state index in [2.05, 4.69) is 10.3 Å². The van der Waals surface area contributed by atoms with Gasteiger partial charge in [0.2, 0.25) is 0 Å². The molecule has 0 spiro atoms. The number of Topliss-reactive ketones (excluding diaryl/α,β-unsaturated/α-hetero) is 1. The van der Waals surface area contributed by atoms with Crippen molar-refractivity contribution < 1.29 is 9.59 Å². The Morgan fingerprint density at radius 1 is 1.07 bits per heavy atom. The van der Waals surface area contributed by atoms with E-state index in [-0.39, 0.29) is 0 Å². The summed E-state index contributed by atoms with van der Waals surface area (Å²) in [6.45, 7) is 5.44. The van der Waals surface area contributed by atoms with E-state index in [9.17, 15) is 9.59 Å². The molecule has 1 aliphatic heterocycles. The van der Waals surface area contributed by atoms with Crippen LogP contribution in [0.25, 0.3) is 0 Å². The maximum atomic E-state index is 11.4. The average molecular weight is 190 g/mol. The summed E-state index contributed by atoms with van der Waals surface area (Å²) >= 11 is 0. The highest BCUT2D eigenvalue weighted by atomic mass is 16.2. The number of hydrogen-bond acceptors (Lipinski definition) is 3. The first-order valence-corrected chi connectivity index (χ1v) is 4.36. The lowest BCUT2D eigenvalue weighted by atomic mass is 10.1. The number of pyridine rings is 1. The van der Waals surface area contributed by atoms with E-state index >= 15 is 0 Å². The Labute approximate surface area is 81.3 Å². The Kier molecular flexibility index (Phi) is 1.67. The van der Waals surface area contributed by atoms with Crippen LogP contribution in [-0.4, -0.2) is 16.7 Å². The van der Waals surface area contributed by atoms with Crippen molar-refractivity contribution >= 4 is 17.4 Å². The average Bonchev–Trinajstić information content (AvgIpc) is 2.40. The van der Waals surface area contributed by atoms with Gasteiger partial charge in [-0.25, -0.2) is 0 Å². The largest absolute Gasteiger partial charge is 0.318 e. The maximum absolute atomic E-state index is 11.4. The second kappa shape index (κ2) is 2.64. The monoisotopic (exact) mass is 190 g/mol. The van der Waals surface area contributed by atoms with E-state index in [0.717, 1.165) is 11.3 Å². The summed E-state index contributed by atoms with van der Waals surface area (Å²) in [5, 5.41) is 2.57. The summed E-state index contributed by atoms with van der Waals surface area (Å²) in [6, 6.07) is 0. The van der Waals surface area contributed by atoms with E-state index in [0.29, 0.717) is 16.9 Å². The molecule has 0 unspecified atom stereocenters. The molecule has 0 saturated heterocycles. The SMILES string of the molecule is Cc1nc(C)c2c(c1C)NC(=O)C2=O. The molecule has 4 nitrogen and oxygen atoms in total. The lowest BCUT2D eigenvalue weighted by Crippen LogP contribution is -2.13. The minimum Gasteiger partial charge on any atom is -0.318 e. The number of fused-ring (bicyclic) bond motifs is 1. The maximum Gasteiger partial charge on any atom is 0.296 e. The Balaban J connectivity index is 2.79. The zero-order chi connectivity index (χ0) is 10.5. The molecule has 72 valence electrons. The lowest BCUT2D eigenvalue weighted by Gasteiger charge is -2.07. The van der Waals surface area contributed by atoms with Crippen LogP contribution < -0.4 is 5.32 Å². The van der Waals surface area contributed by atoms with Gasteiger partial charge in [-0.3, -0.25) is 14.6 Å². The van der Waals surface area contributed by atoms with E-state index in [1.54, 1.807) is 6.92 Å². The van der Waals surface area contributed by atoms with Crippen LogP contribution in [0.5, 0.6) is 0 Å². The van der Waals surface area contributed by atoms with Crippen molar-refractivity contribution in [2.75, 3.05) is 5.32 Å². The number of aromatic nitrogens is 1. The molecule has 0 saturated carbocycles.